The van der Waals surface area contributed by atoms with Crippen LogP contribution in [0.3, 0.4) is 0 Å². The number of methoxy groups -OCH3 is 1. The second kappa shape index (κ2) is 10.6. The summed E-state index contributed by atoms with van der Waals surface area (Å²) in [5.41, 5.74) is 1.55. The predicted molar refractivity (Wildman–Crippen MR) is 126 cm³/mol. The highest BCUT2D eigenvalue weighted by molar-refractivity contribution is 6.34. The van der Waals surface area contributed by atoms with E-state index in [2.05, 4.69) is 4.90 Å². The topological polar surface area (TPSA) is 59.0 Å². The number of nitrogens with zero attached hydrogens (tertiary/aromatic N) is 1. The smallest absolute Gasteiger partial charge is 0.338 e. The number of hydrogen-bond donors (Lipinski definition) is 1. The van der Waals surface area contributed by atoms with Crippen LogP contribution in [0.25, 0.3) is 0 Å². The zero-order chi connectivity index (χ0) is 23.5. The molecule has 0 spiro atoms. The molecule has 1 atom stereocenters. The van der Waals surface area contributed by atoms with Crippen molar-refractivity contribution in [2.24, 2.45) is 5.92 Å². The maximum Gasteiger partial charge on any atom is 0.338 e. The average Bonchev–Trinajstić information content (AvgIpc) is 3.61. The van der Waals surface area contributed by atoms with E-state index >= 15 is 0 Å². The molecule has 2 aliphatic rings. The minimum Gasteiger partial charge on any atom is -0.493 e. The Morgan fingerprint density at radius 3 is 2.36 bits per heavy atom. The lowest BCUT2D eigenvalue weighted by Gasteiger charge is -2.37. The van der Waals surface area contributed by atoms with Gasteiger partial charge in [0.15, 0.2) is 0 Å². The van der Waals surface area contributed by atoms with Crippen molar-refractivity contribution >= 4 is 29.2 Å². The van der Waals surface area contributed by atoms with Crippen LogP contribution in [-0.2, 0) is 4.74 Å². The zero-order valence-corrected chi connectivity index (χ0v) is 20.0. The molecule has 1 heterocycles. The van der Waals surface area contributed by atoms with Gasteiger partial charge < -0.3 is 14.6 Å². The van der Waals surface area contributed by atoms with E-state index in [4.69, 9.17) is 32.7 Å². The fourth-order valence-corrected chi connectivity index (χ4v) is 5.09. The SMILES string of the molecule is COC[C@@H](c1cc(Cl)cc(Cl)c1)N1CCC(COc2cc(F)c(C(=O)O)cc2C2CC2)CC1. The fraction of sp³-hybridized carbons (Fsp3) is 0.480. The molecule has 2 fully saturated rings. The minimum absolute atomic E-state index is 0.0622. The molecule has 5 nitrogen and oxygen atoms in total. The summed E-state index contributed by atoms with van der Waals surface area (Å²) in [6, 6.07) is 8.33. The van der Waals surface area contributed by atoms with Crippen LogP contribution >= 0.6 is 23.2 Å². The van der Waals surface area contributed by atoms with Crippen LogP contribution in [0.15, 0.2) is 30.3 Å². The van der Waals surface area contributed by atoms with Crippen molar-refractivity contribution in [3.63, 3.8) is 0 Å². The van der Waals surface area contributed by atoms with Crippen molar-refractivity contribution < 1.29 is 23.8 Å². The molecule has 0 amide bonds. The molecule has 0 bridgehead atoms. The molecule has 2 aromatic carbocycles. The van der Waals surface area contributed by atoms with Gasteiger partial charge in [0.2, 0.25) is 0 Å². The highest BCUT2D eigenvalue weighted by Crippen LogP contribution is 2.45. The van der Waals surface area contributed by atoms with Crippen molar-refractivity contribution in [3.05, 3.63) is 62.9 Å². The lowest BCUT2D eigenvalue weighted by molar-refractivity contribution is 0.0556. The van der Waals surface area contributed by atoms with E-state index in [0.717, 1.165) is 49.9 Å². The number of rotatable bonds is 9. The molecular weight excluding hydrogens is 468 g/mol. The van der Waals surface area contributed by atoms with E-state index in [9.17, 15) is 14.3 Å². The number of carboxylic acids is 1. The molecule has 1 aliphatic heterocycles. The Hall–Kier alpha value is -1.86. The quantitative estimate of drug-likeness (QED) is 0.449. The van der Waals surface area contributed by atoms with E-state index in [-0.39, 0.29) is 17.5 Å². The summed E-state index contributed by atoms with van der Waals surface area (Å²) < 4.78 is 25.8. The number of carboxylic acid groups (broad SMARTS) is 1. The van der Waals surface area contributed by atoms with Crippen LogP contribution in [0, 0.1) is 11.7 Å². The molecule has 0 unspecified atom stereocenters. The molecule has 1 saturated carbocycles. The Labute approximate surface area is 203 Å². The van der Waals surface area contributed by atoms with Crippen LogP contribution in [0.5, 0.6) is 5.75 Å². The number of likely N-dealkylation sites (tertiary alicyclic amines) is 1. The van der Waals surface area contributed by atoms with E-state index in [1.807, 2.05) is 12.1 Å². The number of carbonyl (C=O) groups is 1. The normalized spacial score (nSPS) is 18.3. The highest BCUT2D eigenvalue weighted by Gasteiger charge is 2.31. The lowest BCUT2D eigenvalue weighted by Crippen LogP contribution is -2.39. The molecule has 33 heavy (non-hydrogen) atoms. The van der Waals surface area contributed by atoms with E-state index in [1.165, 1.54) is 12.1 Å². The molecule has 0 radical (unpaired) electrons. The summed E-state index contributed by atoms with van der Waals surface area (Å²) in [4.78, 5) is 13.7. The van der Waals surface area contributed by atoms with Gasteiger partial charge in [0.25, 0.3) is 0 Å². The van der Waals surface area contributed by atoms with Gasteiger partial charge in [-0.3, -0.25) is 4.90 Å². The third-order valence-corrected chi connectivity index (χ3v) is 6.94. The van der Waals surface area contributed by atoms with Crippen LogP contribution in [0.1, 0.15) is 59.1 Å². The number of halogens is 3. The molecule has 1 saturated heterocycles. The average molecular weight is 496 g/mol. The number of aromatic carboxylic acids is 1. The number of benzene rings is 2. The first-order valence-electron chi connectivity index (χ1n) is 11.2. The van der Waals surface area contributed by atoms with Gasteiger partial charge in [-0.25, -0.2) is 9.18 Å². The lowest BCUT2D eigenvalue weighted by atomic mass is 9.95. The van der Waals surface area contributed by atoms with Gasteiger partial charge in [0.1, 0.15) is 11.6 Å². The van der Waals surface area contributed by atoms with Gasteiger partial charge in [0.05, 0.1) is 24.8 Å². The van der Waals surface area contributed by atoms with Crippen molar-refractivity contribution in [1.82, 2.24) is 4.90 Å². The van der Waals surface area contributed by atoms with Crippen molar-refractivity contribution in [2.45, 2.75) is 37.6 Å². The van der Waals surface area contributed by atoms with Crippen LogP contribution in [-0.4, -0.2) is 49.4 Å². The van der Waals surface area contributed by atoms with Crippen LogP contribution in [0.2, 0.25) is 10.0 Å². The highest BCUT2D eigenvalue weighted by atomic mass is 35.5. The van der Waals surface area contributed by atoms with Gasteiger partial charge in [0, 0.05) is 23.2 Å². The van der Waals surface area contributed by atoms with E-state index in [0.29, 0.717) is 34.9 Å². The summed E-state index contributed by atoms with van der Waals surface area (Å²) in [6.45, 7) is 2.76. The molecule has 178 valence electrons. The Morgan fingerprint density at radius 1 is 1.12 bits per heavy atom. The number of hydrogen-bond acceptors (Lipinski definition) is 4. The monoisotopic (exact) mass is 495 g/mol. The molecule has 4 rings (SSSR count). The van der Waals surface area contributed by atoms with Crippen molar-refractivity contribution in [3.8, 4) is 5.75 Å². The molecule has 1 N–H and O–H groups in total. The first-order valence-corrected chi connectivity index (χ1v) is 12.0. The minimum atomic E-state index is -1.25. The Bertz CT molecular complexity index is 986. The standard InChI is InChI=1S/C25H28Cl2FNO4/c1-32-14-23(17-8-18(26)10-19(27)9-17)29-6-4-15(5-7-29)13-33-24-12-22(28)21(25(30)31)11-20(24)16-2-3-16/h8-12,15-16,23H,2-7,13-14H2,1H3,(H,30,31)/t23-/m0/s1. The fourth-order valence-electron chi connectivity index (χ4n) is 4.55. The summed E-state index contributed by atoms with van der Waals surface area (Å²) >= 11 is 12.4. The predicted octanol–water partition coefficient (Wildman–Crippen LogP) is 6.19. The summed E-state index contributed by atoms with van der Waals surface area (Å²) in [7, 11) is 1.69. The van der Waals surface area contributed by atoms with Crippen molar-refractivity contribution in [1.29, 1.82) is 0 Å². The first kappa shape index (κ1) is 24.3. The van der Waals surface area contributed by atoms with Gasteiger partial charge in [-0.15, -0.1) is 0 Å². The molecular formula is C25H28Cl2FNO4. The van der Waals surface area contributed by atoms with E-state index < -0.39 is 11.8 Å². The molecule has 0 aromatic heterocycles. The Morgan fingerprint density at radius 2 is 1.79 bits per heavy atom. The van der Waals surface area contributed by atoms with Gasteiger partial charge in [-0.2, -0.15) is 0 Å². The maximum absolute atomic E-state index is 14.3. The summed E-state index contributed by atoms with van der Waals surface area (Å²) in [5, 5.41) is 10.4. The third-order valence-electron chi connectivity index (χ3n) is 6.51. The largest absolute Gasteiger partial charge is 0.493 e. The molecule has 2 aromatic rings. The summed E-state index contributed by atoms with van der Waals surface area (Å²) in [5.74, 6) is -0.922. The van der Waals surface area contributed by atoms with Crippen molar-refractivity contribution in [2.75, 3.05) is 33.4 Å². The maximum atomic E-state index is 14.3. The van der Waals surface area contributed by atoms with Gasteiger partial charge in [-0.1, -0.05) is 23.2 Å². The second-order valence-corrected chi connectivity index (χ2v) is 9.79. The third kappa shape index (κ3) is 5.99. The van der Waals surface area contributed by atoms with Crippen LogP contribution in [0.4, 0.5) is 4.39 Å². The van der Waals surface area contributed by atoms with Gasteiger partial charge in [-0.05, 0) is 86.0 Å². The second-order valence-electron chi connectivity index (χ2n) is 8.91. The van der Waals surface area contributed by atoms with E-state index in [1.54, 1.807) is 13.2 Å². The van der Waals surface area contributed by atoms with Gasteiger partial charge >= 0.3 is 5.97 Å². The Kier molecular flexibility index (Phi) is 7.80. The molecule has 8 heteroatoms. The number of piperidine rings is 1. The number of ether oxygens (including phenoxy) is 2. The zero-order valence-electron chi connectivity index (χ0n) is 18.5. The van der Waals surface area contributed by atoms with Crippen LogP contribution < -0.4 is 4.74 Å². The molecule has 1 aliphatic carbocycles. The first-order chi connectivity index (χ1) is 15.9. The summed E-state index contributed by atoms with van der Waals surface area (Å²) in [6.07, 6.45) is 3.83. The Balaban J connectivity index is 1.38.